The van der Waals surface area contributed by atoms with Gasteiger partial charge in [0.25, 0.3) is 0 Å². The fourth-order valence-electron chi connectivity index (χ4n) is 3.58. The molecule has 1 saturated carbocycles. The predicted octanol–water partition coefficient (Wildman–Crippen LogP) is 2.12. The Labute approximate surface area is 163 Å². The molecule has 0 radical (unpaired) electrons. The van der Waals surface area contributed by atoms with Crippen LogP contribution in [0.4, 0.5) is 17.5 Å². The number of nitrogen functional groups attached to an aromatic ring is 1. The van der Waals surface area contributed by atoms with Gasteiger partial charge in [0.2, 0.25) is 5.95 Å². The maximum Gasteiger partial charge on any atom is 0.227 e. The van der Waals surface area contributed by atoms with E-state index in [1.165, 1.54) is 0 Å². The minimum absolute atomic E-state index is 0.306. The number of fused-ring (bicyclic) bond motifs is 1. The van der Waals surface area contributed by atoms with E-state index >= 15 is 0 Å². The van der Waals surface area contributed by atoms with Gasteiger partial charge in [-0.25, -0.2) is 4.68 Å². The number of nitrogens with one attached hydrogen (secondary N) is 2. The summed E-state index contributed by atoms with van der Waals surface area (Å²) in [5, 5.41) is 15.3. The van der Waals surface area contributed by atoms with Crippen LogP contribution in [0.1, 0.15) is 38.2 Å². The van der Waals surface area contributed by atoms with E-state index in [1.54, 1.807) is 4.68 Å². The largest absolute Gasteiger partial charge is 0.398 e. The summed E-state index contributed by atoms with van der Waals surface area (Å²) in [4.78, 5) is 9.36. The lowest BCUT2D eigenvalue weighted by atomic mass is 9.92. The Morgan fingerprint density at radius 3 is 2.68 bits per heavy atom. The Balaban J connectivity index is 1.60. The van der Waals surface area contributed by atoms with Crippen LogP contribution in [0.15, 0.2) is 24.3 Å². The molecular formula is C19H27N9. The minimum atomic E-state index is 0.306. The lowest BCUT2D eigenvalue weighted by molar-refractivity contribution is 0.410. The van der Waals surface area contributed by atoms with Crippen LogP contribution in [0.2, 0.25) is 0 Å². The van der Waals surface area contributed by atoms with E-state index in [-0.39, 0.29) is 0 Å². The van der Waals surface area contributed by atoms with E-state index in [1.807, 2.05) is 31.2 Å². The zero-order chi connectivity index (χ0) is 19.5. The molecule has 0 atom stereocenters. The summed E-state index contributed by atoms with van der Waals surface area (Å²) in [6.07, 6.45) is 4.09. The van der Waals surface area contributed by atoms with E-state index in [4.69, 9.17) is 11.5 Å². The van der Waals surface area contributed by atoms with Gasteiger partial charge in [-0.3, -0.25) is 0 Å². The van der Waals surface area contributed by atoms with E-state index in [2.05, 4.69) is 30.9 Å². The first-order chi connectivity index (χ1) is 13.6. The fourth-order valence-corrected chi connectivity index (χ4v) is 3.58. The van der Waals surface area contributed by atoms with Gasteiger partial charge in [-0.1, -0.05) is 23.4 Å². The highest BCUT2D eigenvalue weighted by atomic mass is 15.4. The van der Waals surface area contributed by atoms with Gasteiger partial charge in [0, 0.05) is 30.9 Å². The summed E-state index contributed by atoms with van der Waals surface area (Å²) >= 11 is 0. The molecule has 1 aliphatic carbocycles. The van der Waals surface area contributed by atoms with Crippen molar-refractivity contribution in [1.29, 1.82) is 0 Å². The molecule has 3 aromatic rings. The first-order valence-electron chi connectivity index (χ1n) is 9.84. The maximum absolute atomic E-state index is 6.06. The maximum atomic E-state index is 6.06. The van der Waals surface area contributed by atoms with Crippen LogP contribution in [-0.2, 0) is 13.1 Å². The number of nitrogens with two attached hydrogens (primary N) is 2. The Bertz CT molecular complexity index is 944. The van der Waals surface area contributed by atoms with Gasteiger partial charge in [0.1, 0.15) is 0 Å². The van der Waals surface area contributed by atoms with Crippen molar-refractivity contribution in [3.8, 4) is 0 Å². The van der Waals surface area contributed by atoms with Crippen LogP contribution in [0, 0.1) is 0 Å². The number of nitrogens with zero attached hydrogens (tertiary/aromatic N) is 5. The number of hydrogen-bond donors (Lipinski definition) is 4. The molecule has 9 heteroatoms. The zero-order valence-corrected chi connectivity index (χ0v) is 16.1. The number of para-hydroxylation sites is 1. The summed E-state index contributed by atoms with van der Waals surface area (Å²) in [5.41, 5.74) is 15.2. The lowest BCUT2D eigenvalue weighted by Gasteiger charge is -2.26. The van der Waals surface area contributed by atoms with Gasteiger partial charge in [-0.2, -0.15) is 9.97 Å². The molecule has 9 nitrogen and oxygen atoms in total. The number of aryl methyl sites for hydroxylation is 1. The van der Waals surface area contributed by atoms with Gasteiger partial charge in [0.15, 0.2) is 17.0 Å². The second kappa shape index (κ2) is 7.97. The van der Waals surface area contributed by atoms with Crippen molar-refractivity contribution in [2.75, 3.05) is 16.4 Å². The normalized spacial score (nSPS) is 19.6. The zero-order valence-electron chi connectivity index (χ0n) is 16.1. The van der Waals surface area contributed by atoms with Crippen molar-refractivity contribution in [2.45, 2.75) is 57.8 Å². The Morgan fingerprint density at radius 1 is 1.14 bits per heavy atom. The second-order valence-electron chi connectivity index (χ2n) is 7.28. The third kappa shape index (κ3) is 3.84. The number of aromatic nitrogens is 5. The topological polar surface area (TPSA) is 133 Å². The molecule has 1 aliphatic rings. The standard InChI is InChI=1S/C19H27N9/c1-2-28-18-16(26-27-28)17(22-11-12-5-3-4-6-15(12)21)24-19(25-18)23-14-9-7-13(20)8-10-14/h3-6,13-14H,2,7-11,20-21H2,1H3,(H2,22,23,24,25). The third-order valence-corrected chi connectivity index (χ3v) is 5.27. The van der Waals surface area contributed by atoms with Gasteiger partial charge >= 0.3 is 0 Å². The summed E-state index contributed by atoms with van der Waals surface area (Å²) in [5.74, 6) is 1.25. The lowest BCUT2D eigenvalue weighted by Crippen LogP contribution is -2.33. The molecule has 0 saturated heterocycles. The van der Waals surface area contributed by atoms with Crippen molar-refractivity contribution >= 4 is 28.6 Å². The van der Waals surface area contributed by atoms with E-state index in [0.717, 1.165) is 42.6 Å². The Hall–Kier alpha value is -2.94. The van der Waals surface area contributed by atoms with Crippen molar-refractivity contribution in [3.63, 3.8) is 0 Å². The number of benzene rings is 1. The quantitative estimate of drug-likeness (QED) is 0.477. The number of anilines is 3. The van der Waals surface area contributed by atoms with Crippen molar-refractivity contribution < 1.29 is 0 Å². The van der Waals surface area contributed by atoms with Crippen LogP contribution in [0.3, 0.4) is 0 Å². The average molecular weight is 381 g/mol. The summed E-state index contributed by atoms with van der Waals surface area (Å²) in [6, 6.07) is 8.42. The molecule has 6 N–H and O–H groups in total. The predicted molar refractivity (Wildman–Crippen MR) is 111 cm³/mol. The smallest absolute Gasteiger partial charge is 0.227 e. The highest BCUT2D eigenvalue weighted by molar-refractivity contribution is 5.83. The molecule has 0 unspecified atom stereocenters. The van der Waals surface area contributed by atoms with Crippen LogP contribution in [-0.4, -0.2) is 37.0 Å². The van der Waals surface area contributed by atoms with Gasteiger partial charge < -0.3 is 22.1 Å². The molecule has 2 heterocycles. The summed E-state index contributed by atoms with van der Waals surface area (Å²) in [7, 11) is 0. The van der Waals surface area contributed by atoms with Gasteiger partial charge in [-0.15, -0.1) is 5.10 Å². The minimum Gasteiger partial charge on any atom is -0.398 e. The van der Waals surface area contributed by atoms with Crippen molar-refractivity contribution in [2.24, 2.45) is 5.73 Å². The van der Waals surface area contributed by atoms with E-state index in [9.17, 15) is 0 Å². The second-order valence-corrected chi connectivity index (χ2v) is 7.28. The molecule has 0 spiro atoms. The van der Waals surface area contributed by atoms with E-state index < -0.39 is 0 Å². The first-order valence-corrected chi connectivity index (χ1v) is 9.84. The molecule has 148 valence electrons. The molecule has 2 aromatic heterocycles. The monoisotopic (exact) mass is 381 g/mol. The number of rotatable bonds is 6. The molecular weight excluding hydrogens is 354 g/mol. The van der Waals surface area contributed by atoms with Crippen molar-refractivity contribution in [1.82, 2.24) is 25.0 Å². The Morgan fingerprint density at radius 2 is 1.93 bits per heavy atom. The fraction of sp³-hybridized carbons (Fsp3) is 0.474. The van der Waals surface area contributed by atoms with Crippen LogP contribution < -0.4 is 22.1 Å². The molecule has 0 amide bonds. The molecule has 4 rings (SSSR count). The highest BCUT2D eigenvalue weighted by Crippen LogP contribution is 2.24. The molecule has 1 fully saturated rings. The molecule has 28 heavy (non-hydrogen) atoms. The van der Waals surface area contributed by atoms with Gasteiger partial charge in [-0.05, 0) is 44.2 Å². The van der Waals surface area contributed by atoms with E-state index in [0.29, 0.717) is 42.5 Å². The van der Waals surface area contributed by atoms with Crippen LogP contribution in [0.5, 0.6) is 0 Å². The average Bonchev–Trinajstić information content (AvgIpc) is 3.12. The molecule has 1 aromatic carbocycles. The van der Waals surface area contributed by atoms with Gasteiger partial charge in [0.05, 0.1) is 0 Å². The summed E-state index contributed by atoms with van der Waals surface area (Å²) in [6.45, 7) is 3.26. The third-order valence-electron chi connectivity index (χ3n) is 5.27. The molecule has 0 aliphatic heterocycles. The van der Waals surface area contributed by atoms with Crippen LogP contribution in [0.25, 0.3) is 11.2 Å². The molecule has 0 bridgehead atoms. The Kier molecular flexibility index (Phi) is 5.25. The highest BCUT2D eigenvalue weighted by Gasteiger charge is 2.21. The SMILES string of the molecule is CCn1nnc2c(NCc3ccccc3N)nc(NC3CCC(N)CC3)nc21. The van der Waals surface area contributed by atoms with Crippen molar-refractivity contribution in [3.05, 3.63) is 29.8 Å². The van der Waals surface area contributed by atoms with Crippen LogP contribution >= 0.6 is 0 Å². The number of hydrogen-bond acceptors (Lipinski definition) is 8. The first kappa shape index (κ1) is 18.4. The summed E-state index contributed by atoms with van der Waals surface area (Å²) < 4.78 is 1.78.